The molecule has 1 heterocycles. The van der Waals surface area contributed by atoms with Crippen LogP contribution in [0.4, 0.5) is 0 Å². The van der Waals surface area contributed by atoms with Gasteiger partial charge in [0.05, 0.1) is 6.20 Å². The largest absolute Gasteiger partial charge is 0.370 e. The molecule has 0 N–H and O–H groups in total. The van der Waals surface area contributed by atoms with E-state index >= 15 is 0 Å². The van der Waals surface area contributed by atoms with Crippen molar-refractivity contribution >= 4 is 5.78 Å². The molecule has 4 heteroatoms. The second kappa shape index (κ2) is 5.68. The molecule has 1 fully saturated rings. The highest BCUT2D eigenvalue weighted by atomic mass is 16.5. The van der Waals surface area contributed by atoms with Crippen LogP contribution in [0.15, 0.2) is 12.4 Å². The molecule has 0 bridgehead atoms. The number of aromatic nitrogens is 2. The van der Waals surface area contributed by atoms with E-state index < -0.39 is 5.60 Å². The summed E-state index contributed by atoms with van der Waals surface area (Å²) in [5.41, 5.74) is 0.734. The second-order valence-corrected chi connectivity index (χ2v) is 6.67. The first-order valence-electron chi connectivity index (χ1n) is 7.50. The third-order valence-electron chi connectivity index (χ3n) is 4.69. The van der Waals surface area contributed by atoms with Crippen LogP contribution in [0, 0.1) is 5.41 Å². The van der Waals surface area contributed by atoms with E-state index in [9.17, 15) is 4.79 Å². The molecule has 0 aromatic carbocycles. The molecule has 2 rings (SSSR count). The predicted octanol–water partition coefficient (Wildman–Crippen LogP) is 3.00. The summed E-state index contributed by atoms with van der Waals surface area (Å²) < 4.78 is 7.52. The van der Waals surface area contributed by atoms with E-state index in [1.165, 1.54) is 0 Å². The Labute approximate surface area is 121 Å². The van der Waals surface area contributed by atoms with Gasteiger partial charge in [-0.3, -0.25) is 9.48 Å². The summed E-state index contributed by atoms with van der Waals surface area (Å²) in [5.74, 6) is 0.200. The first-order chi connectivity index (χ1) is 9.41. The number of nitrogens with zero attached hydrogens (tertiary/aromatic N) is 2. The Hall–Kier alpha value is -1.16. The third-order valence-corrected chi connectivity index (χ3v) is 4.69. The highest BCUT2D eigenvalue weighted by Gasteiger charge is 2.43. The lowest BCUT2D eigenvalue weighted by atomic mass is 9.69. The fourth-order valence-electron chi connectivity index (χ4n) is 2.94. The van der Waals surface area contributed by atoms with E-state index in [1.54, 1.807) is 13.3 Å². The molecule has 0 spiro atoms. The predicted molar refractivity (Wildman–Crippen MR) is 78.6 cm³/mol. The van der Waals surface area contributed by atoms with E-state index in [0.29, 0.717) is 11.8 Å². The summed E-state index contributed by atoms with van der Waals surface area (Å²) in [6.45, 7) is 7.40. The van der Waals surface area contributed by atoms with E-state index in [4.69, 9.17) is 4.74 Å². The monoisotopic (exact) mass is 278 g/mol. The van der Waals surface area contributed by atoms with Gasteiger partial charge in [-0.2, -0.15) is 5.10 Å². The number of ether oxygens (including phenoxy) is 1. The fraction of sp³-hybridized carbons (Fsp3) is 0.750. The molecule has 4 nitrogen and oxygen atoms in total. The van der Waals surface area contributed by atoms with Gasteiger partial charge in [0.25, 0.3) is 0 Å². The number of methoxy groups -OCH3 is 1. The minimum absolute atomic E-state index is 0.200. The van der Waals surface area contributed by atoms with E-state index in [2.05, 4.69) is 18.9 Å². The SMILES string of the molecule is CCn1cc(CC(=O)C2(OC)CCC(C)(C)CC2)cn1. The van der Waals surface area contributed by atoms with Gasteiger partial charge in [0.15, 0.2) is 5.78 Å². The Balaban J connectivity index is 2.06. The zero-order valence-electron chi connectivity index (χ0n) is 13.1. The Kier molecular flexibility index (Phi) is 4.33. The number of aryl methyl sites for hydroxylation is 1. The maximum Gasteiger partial charge on any atom is 0.169 e. The molecule has 0 aliphatic heterocycles. The lowest BCUT2D eigenvalue weighted by Gasteiger charge is -2.41. The molecular weight excluding hydrogens is 252 g/mol. The first kappa shape index (κ1) is 15.2. The maximum atomic E-state index is 12.7. The van der Waals surface area contributed by atoms with Crippen molar-refractivity contribution in [2.45, 2.75) is 65.0 Å². The van der Waals surface area contributed by atoms with Gasteiger partial charge in [0, 0.05) is 26.3 Å². The zero-order chi connectivity index (χ0) is 14.8. The number of Topliss-reactive ketones (excluding diaryl/α,β-unsaturated/α-hetero) is 1. The summed E-state index contributed by atoms with van der Waals surface area (Å²) in [6, 6.07) is 0. The van der Waals surface area contributed by atoms with Crippen molar-refractivity contribution in [3.63, 3.8) is 0 Å². The average Bonchev–Trinajstić information content (AvgIpc) is 2.87. The number of carbonyl (C=O) groups excluding carboxylic acids is 1. The summed E-state index contributed by atoms with van der Waals surface area (Å²) in [5, 5.41) is 4.23. The van der Waals surface area contributed by atoms with Crippen molar-refractivity contribution in [3.8, 4) is 0 Å². The molecule has 0 atom stereocenters. The number of hydrogen-bond acceptors (Lipinski definition) is 3. The molecule has 112 valence electrons. The van der Waals surface area contributed by atoms with Gasteiger partial charge in [0.1, 0.15) is 5.60 Å². The number of carbonyl (C=O) groups is 1. The Morgan fingerprint density at radius 3 is 2.50 bits per heavy atom. The van der Waals surface area contributed by atoms with Crippen LogP contribution < -0.4 is 0 Å². The number of ketones is 1. The maximum absolute atomic E-state index is 12.7. The highest BCUT2D eigenvalue weighted by Crippen LogP contribution is 2.42. The Morgan fingerprint density at radius 2 is 2.00 bits per heavy atom. The number of hydrogen-bond donors (Lipinski definition) is 0. The normalized spacial score (nSPS) is 20.8. The van der Waals surface area contributed by atoms with Crippen molar-refractivity contribution in [3.05, 3.63) is 18.0 Å². The minimum Gasteiger partial charge on any atom is -0.370 e. The topological polar surface area (TPSA) is 44.1 Å². The van der Waals surface area contributed by atoms with E-state index in [0.717, 1.165) is 37.8 Å². The van der Waals surface area contributed by atoms with Crippen molar-refractivity contribution in [1.29, 1.82) is 0 Å². The molecule has 1 aromatic rings. The van der Waals surface area contributed by atoms with Crippen LogP contribution in [0.1, 0.15) is 52.0 Å². The van der Waals surface area contributed by atoms with Crippen LogP contribution in [0.2, 0.25) is 0 Å². The molecule has 0 radical (unpaired) electrons. The minimum atomic E-state index is -0.580. The van der Waals surface area contributed by atoms with Crippen LogP contribution in [0.5, 0.6) is 0 Å². The summed E-state index contributed by atoms with van der Waals surface area (Å²) in [4.78, 5) is 12.7. The lowest BCUT2D eigenvalue weighted by molar-refractivity contribution is -0.147. The van der Waals surface area contributed by atoms with Crippen LogP contribution >= 0.6 is 0 Å². The molecule has 0 amide bonds. The van der Waals surface area contributed by atoms with Gasteiger partial charge in [-0.15, -0.1) is 0 Å². The highest BCUT2D eigenvalue weighted by molar-refractivity contribution is 5.89. The smallest absolute Gasteiger partial charge is 0.169 e. The van der Waals surface area contributed by atoms with Gasteiger partial charge >= 0.3 is 0 Å². The molecule has 1 aliphatic carbocycles. The summed E-state index contributed by atoms with van der Waals surface area (Å²) >= 11 is 0. The van der Waals surface area contributed by atoms with Gasteiger partial charge in [-0.25, -0.2) is 0 Å². The van der Waals surface area contributed by atoms with Crippen molar-refractivity contribution in [1.82, 2.24) is 9.78 Å². The zero-order valence-corrected chi connectivity index (χ0v) is 13.1. The Bertz CT molecular complexity index is 467. The van der Waals surface area contributed by atoms with Crippen LogP contribution in [0.25, 0.3) is 0 Å². The molecule has 20 heavy (non-hydrogen) atoms. The van der Waals surface area contributed by atoms with Gasteiger partial charge < -0.3 is 4.74 Å². The second-order valence-electron chi connectivity index (χ2n) is 6.67. The molecule has 0 saturated heterocycles. The fourth-order valence-corrected chi connectivity index (χ4v) is 2.94. The standard InChI is InChI=1S/C16H26N2O2/c1-5-18-12-13(11-17-18)10-14(19)16(20-4)8-6-15(2,3)7-9-16/h11-12H,5-10H2,1-4H3. The van der Waals surface area contributed by atoms with E-state index in [-0.39, 0.29) is 5.78 Å². The molecule has 1 aliphatic rings. The van der Waals surface area contributed by atoms with Crippen molar-refractivity contribution in [2.75, 3.05) is 7.11 Å². The summed E-state index contributed by atoms with van der Waals surface area (Å²) in [7, 11) is 1.67. The van der Waals surface area contributed by atoms with Crippen molar-refractivity contribution < 1.29 is 9.53 Å². The van der Waals surface area contributed by atoms with Gasteiger partial charge in [-0.05, 0) is 43.6 Å². The average molecular weight is 278 g/mol. The molecule has 1 aromatic heterocycles. The molecule has 0 unspecified atom stereocenters. The quantitative estimate of drug-likeness (QED) is 0.831. The van der Waals surface area contributed by atoms with Crippen LogP contribution in [-0.2, 0) is 22.5 Å². The van der Waals surface area contributed by atoms with Crippen LogP contribution in [0.3, 0.4) is 0 Å². The lowest BCUT2D eigenvalue weighted by Crippen LogP contribution is -2.46. The molecular formula is C16H26N2O2. The van der Waals surface area contributed by atoms with Crippen LogP contribution in [-0.4, -0.2) is 28.3 Å². The van der Waals surface area contributed by atoms with Gasteiger partial charge in [-0.1, -0.05) is 13.8 Å². The number of rotatable bonds is 5. The Morgan fingerprint density at radius 1 is 1.35 bits per heavy atom. The van der Waals surface area contributed by atoms with E-state index in [1.807, 2.05) is 17.8 Å². The van der Waals surface area contributed by atoms with Gasteiger partial charge in [0.2, 0.25) is 0 Å². The third kappa shape index (κ3) is 3.11. The van der Waals surface area contributed by atoms with Crippen molar-refractivity contribution in [2.24, 2.45) is 5.41 Å². The molecule has 1 saturated carbocycles. The summed E-state index contributed by atoms with van der Waals surface area (Å²) in [6.07, 6.45) is 7.91. The first-order valence-corrected chi connectivity index (χ1v) is 7.50.